The predicted molar refractivity (Wildman–Crippen MR) is 88.0 cm³/mol. The Balaban J connectivity index is 2.75. The molecule has 1 N–H and O–H groups in total. The molecule has 1 amide bonds. The van der Waals surface area contributed by atoms with Crippen LogP contribution in [-0.2, 0) is 9.53 Å². The number of ether oxygens (including phenoxy) is 1. The van der Waals surface area contributed by atoms with E-state index in [1.807, 2.05) is 13.8 Å². The van der Waals surface area contributed by atoms with Gasteiger partial charge in [-0.2, -0.15) is 0 Å². The maximum Gasteiger partial charge on any atom is 0.410 e. The summed E-state index contributed by atoms with van der Waals surface area (Å²) in [6.45, 7) is 9.58. The highest BCUT2D eigenvalue weighted by Crippen LogP contribution is 2.22. The summed E-state index contributed by atoms with van der Waals surface area (Å²) in [6, 6.07) is -0.594. The van der Waals surface area contributed by atoms with E-state index in [0.717, 1.165) is 6.42 Å². The molecule has 0 spiro atoms. The maximum atomic E-state index is 12.5. The van der Waals surface area contributed by atoms with E-state index in [1.54, 1.807) is 20.8 Å². The first-order chi connectivity index (χ1) is 10.0. The van der Waals surface area contributed by atoms with Crippen LogP contribution in [0.3, 0.4) is 0 Å². The van der Waals surface area contributed by atoms with Crippen molar-refractivity contribution in [3.8, 4) is 0 Å². The Kier molecular flexibility index (Phi) is 6.17. The van der Waals surface area contributed by atoms with E-state index in [4.69, 9.17) is 17.0 Å². The molecule has 1 heterocycles. The van der Waals surface area contributed by atoms with Crippen molar-refractivity contribution in [3.05, 3.63) is 0 Å². The molecule has 6 nitrogen and oxygen atoms in total. The van der Waals surface area contributed by atoms with E-state index in [1.165, 1.54) is 9.80 Å². The molecule has 0 unspecified atom stereocenters. The molecule has 0 aromatic rings. The second-order valence-corrected chi connectivity index (χ2v) is 7.17. The molecule has 0 saturated carbocycles. The first-order valence-electron chi connectivity index (χ1n) is 7.55. The molecule has 126 valence electrons. The molecule has 0 aromatic heterocycles. The van der Waals surface area contributed by atoms with Crippen LogP contribution in [-0.4, -0.2) is 62.7 Å². The second-order valence-electron chi connectivity index (χ2n) is 6.80. The van der Waals surface area contributed by atoms with Crippen LogP contribution >= 0.6 is 12.2 Å². The van der Waals surface area contributed by atoms with Crippen LogP contribution in [0.25, 0.3) is 0 Å². The number of Topliss-reactive ketones (excluding diaryl/α,β-unsaturated/α-hetero) is 1. The monoisotopic (exact) mass is 330 g/mol. The van der Waals surface area contributed by atoms with E-state index >= 15 is 0 Å². The van der Waals surface area contributed by atoms with Crippen LogP contribution in [0.5, 0.6) is 0 Å². The minimum absolute atomic E-state index is 0.00301. The summed E-state index contributed by atoms with van der Waals surface area (Å²) >= 11 is 4.76. The average molecular weight is 330 g/mol. The van der Waals surface area contributed by atoms with Gasteiger partial charge >= 0.3 is 6.09 Å². The molecule has 1 atom stereocenters. The number of hydrogen-bond donors (Lipinski definition) is 1. The first kappa shape index (κ1) is 18.7. The lowest BCUT2D eigenvalue weighted by atomic mass is 10.1. The summed E-state index contributed by atoms with van der Waals surface area (Å²) in [5, 5.41) is 9.20. The third-order valence-electron chi connectivity index (χ3n) is 3.45. The Bertz CT molecular complexity index is 445. The van der Waals surface area contributed by atoms with Gasteiger partial charge in [-0.3, -0.25) is 9.69 Å². The van der Waals surface area contributed by atoms with Crippen LogP contribution in [0.1, 0.15) is 47.5 Å². The molecule has 0 radical (unpaired) electrons. The van der Waals surface area contributed by atoms with Gasteiger partial charge in [-0.15, -0.1) is 0 Å². The SMILES string of the molecule is CC(C)N(CC(=O)[C@@H]1CCCN1C(=O)OC(C)(C)C)C(O)=S. The molecule has 1 aliphatic heterocycles. The summed E-state index contributed by atoms with van der Waals surface area (Å²) in [5.41, 5.74) is -0.593. The minimum atomic E-state index is -0.593. The van der Waals surface area contributed by atoms with Gasteiger partial charge < -0.3 is 14.7 Å². The molecule has 1 fully saturated rings. The van der Waals surface area contributed by atoms with Gasteiger partial charge in [-0.1, -0.05) is 0 Å². The fourth-order valence-corrected chi connectivity index (χ4v) is 2.66. The molecule has 1 saturated heterocycles. The van der Waals surface area contributed by atoms with Crippen LogP contribution in [0.4, 0.5) is 4.79 Å². The van der Waals surface area contributed by atoms with Crippen LogP contribution in [0.2, 0.25) is 0 Å². The minimum Gasteiger partial charge on any atom is -0.486 e. The molecule has 7 heteroatoms. The van der Waals surface area contributed by atoms with Gasteiger partial charge in [0, 0.05) is 12.6 Å². The number of hydrogen-bond acceptors (Lipinski definition) is 4. The van der Waals surface area contributed by atoms with Crippen LogP contribution in [0.15, 0.2) is 0 Å². The fraction of sp³-hybridized carbons (Fsp3) is 0.800. The van der Waals surface area contributed by atoms with E-state index < -0.39 is 17.7 Å². The number of aliphatic hydroxyl groups excluding tert-OH is 1. The number of aliphatic hydroxyl groups is 1. The van der Waals surface area contributed by atoms with Gasteiger partial charge in [-0.25, -0.2) is 4.79 Å². The molecular weight excluding hydrogens is 304 g/mol. The number of carbonyl (C=O) groups excluding carboxylic acids is 2. The summed E-state index contributed by atoms with van der Waals surface area (Å²) in [4.78, 5) is 27.6. The highest BCUT2D eigenvalue weighted by atomic mass is 32.1. The lowest BCUT2D eigenvalue weighted by Gasteiger charge is -2.30. The van der Waals surface area contributed by atoms with E-state index in [-0.39, 0.29) is 23.5 Å². The summed E-state index contributed by atoms with van der Waals surface area (Å²) < 4.78 is 5.35. The van der Waals surface area contributed by atoms with Gasteiger partial charge in [0.25, 0.3) is 5.17 Å². The van der Waals surface area contributed by atoms with Gasteiger partial charge in [0.05, 0.1) is 12.6 Å². The normalized spacial score (nSPS) is 18.5. The van der Waals surface area contributed by atoms with Gasteiger partial charge in [0.1, 0.15) is 5.60 Å². The quantitative estimate of drug-likeness (QED) is 0.799. The average Bonchev–Trinajstić information content (AvgIpc) is 2.81. The first-order valence-corrected chi connectivity index (χ1v) is 7.95. The number of thiocarbonyl (C=S) groups is 1. The van der Waals surface area contributed by atoms with Crippen molar-refractivity contribution >= 4 is 29.3 Å². The lowest BCUT2D eigenvalue weighted by Crippen LogP contribution is -2.48. The molecular formula is C15H26N2O4S. The highest BCUT2D eigenvalue weighted by Gasteiger charge is 2.37. The summed E-state index contributed by atoms with van der Waals surface area (Å²) in [5.74, 6) is -0.131. The zero-order valence-corrected chi connectivity index (χ0v) is 14.8. The topological polar surface area (TPSA) is 70.1 Å². The Morgan fingerprint density at radius 2 is 2.00 bits per heavy atom. The Morgan fingerprint density at radius 3 is 2.45 bits per heavy atom. The molecule has 0 aliphatic carbocycles. The molecule has 1 aliphatic rings. The van der Waals surface area contributed by atoms with Crippen molar-refractivity contribution in [3.63, 3.8) is 0 Å². The number of rotatable bonds is 4. The van der Waals surface area contributed by atoms with Crippen molar-refractivity contribution in [1.82, 2.24) is 9.80 Å². The summed E-state index contributed by atoms with van der Waals surface area (Å²) in [7, 11) is 0. The Hall–Kier alpha value is -1.37. The number of likely N-dealkylation sites (tertiary alicyclic amines) is 1. The third kappa shape index (κ3) is 5.12. The van der Waals surface area contributed by atoms with Crippen LogP contribution in [0, 0.1) is 0 Å². The van der Waals surface area contributed by atoms with E-state index in [0.29, 0.717) is 13.0 Å². The van der Waals surface area contributed by atoms with Gasteiger partial charge in [-0.05, 0) is 59.7 Å². The molecule has 1 rings (SSSR count). The lowest BCUT2D eigenvalue weighted by molar-refractivity contribution is -0.124. The van der Waals surface area contributed by atoms with Crippen molar-refractivity contribution in [2.45, 2.75) is 65.1 Å². The standard InChI is InChI=1S/C15H26N2O4S/c1-10(2)17(14(20)22)9-12(18)11-7-6-8-16(11)13(19)21-15(3,4)5/h10-11H,6-9H2,1-5H3,(H,20,22)/t11-/m0/s1. The Morgan fingerprint density at radius 1 is 1.41 bits per heavy atom. The van der Waals surface area contributed by atoms with E-state index in [2.05, 4.69) is 0 Å². The molecule has 22 heavy (non-hydrogen) atoms. The number of amides is 1. The van der Waals surface area contributed by atoms with Crippen molar-refractivity contribution in [2.24, 2.45) is 0 Å². The van der Waals surface area contributed by atoms with Gasteiger partial charge in [0.2, 0.25) is 0 Å². The maximum absolute atomic E-state index is 12.5. The fourth-order valence-electron chi connectivity index (χ4n) is 2.38. The zero-order valence-electron chi connectivity index (χ0n) is 14.0. The predicted octanol–water partition coefficient (Wildman–Crippen LogP) is 2.51. The number of carbonyl (C=O) groups is 2. The second kappa shape index (κ2) is 7.26. The Labute approximate surface area is 137 Å². The van der Waals surface area contributed by atoms with Crippen molar-refractivity contribution in [2.75, 3.05) is 13.1 Å². The zero-order chi connectivity index (χ0) is 17.1. The largest absolute Gasteiger partial charge is 0.486 e. The molecule has 0 aromatic carbocycles. The van der Waals surface area contributed by atoms with Gasteiger partial charge in [0.15, 0.2) is 5.78 Å². The molecule has 0 bridgehead atoms. The van der Waals surface area contributed by atoms with Crippen molar-refractivity contribution in [1.29, 1.82) is 0 Å². The van der Waals surface area contributed by atoms with E-state index in [9.17, 15) is 14.7 Å². The number of ketones is 1. The third-order valence-corrected chi connectivity index (χ3v) is 3.68. The van der Waals surface area contributed by atoms with Crippen molar-refractivity contribution < 1.29 is 19.4 Å². The highest BCUT2D eigenvalue weighted by molar-refractivity contribution is 7.79. The summed E-state index contributed by atoms with van der Waals surface area (Å²) in [6.07, 6.45) is 0.911. The number of nitrogens with zero attached hydrogens (tertiary/aromatic N) is 2. The smallest absolute Gasteiger partial charge is 0.410 e. The van der Waals surface area contributed by atoms with Crippen LogP contribution < -0.4 is 0 Å².